The highest BCUT2D eigenvalue weighted by molar-refractivity contribution is 6.35. The number of benzene rings is 1. The number of aromatic hydroxyl groups is 2. The molecule has 2 aliphatic rings. The van der Waals surface area contributed by atoms with Crippen molar-refractivity contribution in [2.75, 3.05) is 20.1 Å². The van der Waals surface area contributed by atoms with Crippen molar-refractivity contribution >= 4 is 17.5 Å². The molecule has 2 heterocycles. The summed E-state index contributed by atoms with van der Waals surface area (Å²) in [6.07, 6.45) is 2.22. The van der Waals surface area contributed by atoms with Gasteiger partial charge in [0.2, 0.25) is 0 Å². The van der Waals surface area contributed by atoms with Gasteiger partial charge < -0.3 is 15.1 Å². The summed E-state index contributed by atoms with van der Waals surface area (Å²) in [5.74, 6) is -0.935. The van der Waals surface area contributed by atoms with E-state index in [1.165, 1.54) is 12.1 Å². The van der Waals surface area contributed by atoms with Crippen molar-refractivity contribution in [3.63, 3.8) is 0 Å². The van der Waals surface area contributed by atoms with Gasteiger partial charge in [-0.25, -0.2) is 0 Å². The Balaban J connectivity index is 1.85. The first-order valence-corrected chi connectivity index (χ1v) is 7.08. The molecule has 2 saturated heterocycles. The summed E-state index contributed by atoms with van der Waals surface area (Å²) >= 11 is 5.96. The van der Waals surface area contributed by atoms with E-state index < -0.39 is 5.75 Å². The number of carbonyl (C=O) groups is 1. The van der Waals surface area contributed by atoms with E-state index in [9.17, 15) is 15.0 Å². The molecule has 108 valence electrons. The predicted octanol–water partition coefficient (Wildman–Crippen LogP) is 1.67. The molecule has 2 fully saturated rings. The molecular weight excluding hydrogens is 280 g/mol. The van der Waals surface area contributed by atoms with Gasteiger partial charge in [0.25, 0.3) is 5.91 Å². The molecule has 2 atom stereocenters. The van der Waals surface area contributed by atoms with Gasteiger partial charge in [0.05, 0.1) is 10.6 Å². The lowest BCUT2D eigenvalue weighted by molar-refractivity contribution is 0.0524. The maximum absolute atomic E-state index is 12.5. The first-order chi connectivity index (χ1) is 9.49. The molecule has 0 saturated carbocycles. The molecule has 0 radical (unpaired) electrons. The molecule has 1 aromatic carbocycles. The van der Waals surface area contributed by atoms with Crippen LogP contribution in [0, 0.1) is 0 Å². The van der Waals surface area contributed by atoms with Crippen LogP contribution in [0.25, 0.3) is 0 Å². The van der Waals surface area contributed by atoms with E-state index in [1.54, 1.807) is 4.90 Å². The number of amides is 1. The number of carbonyl (C=O) groups excluding carboxylic acids is 1. The summed E-state index contributed by atoms with van der Waals surface area (Å²) in [6.45, 7) is 1.37. The number of halogens is 1. The van der Waals surface area contributed by atoms with Gasteiger partial charge in [-0.2, -0.15) is 0 Å². The Morgan fingerprint density at radius 1 is 1.25 bits per heavy atom. The molecule has 5 nitrogen and oxygen atoms in total. The second-order valence-corrected chi connectivity index (χ2v) is 5.93. The van der Waals surface area contributed by atoms with Crippen molar-refractivity contribution < 1.29 is 15.0 Å². The number of nitrogens with zero attached hydrogens (tertiary/aromatic N) is 2. The van der Waals surface area contributed by atoms with Crippen molar-refractivity contribution in [2.24, 2.45) is 0 Å². The van der Waals surface area contributed by atoms with Crippen LogP contribution < -0.4 is 0 Å². The molecule has 0 aliphatic carbocycles. The second kappa shape index (κ2) is 4.82. The molecule has 0 unspecified atom stereocenters. The number of likely N-dealkylation sites (tertiary alicyclic amines) is 1. The number of rotatable bonds is 1. The Morgan fingerprint density at radius 3 is 2.45 bits per heavy atom. The molecular formula is C14H17ClN2O3. The number of phenols is 2. The third-order valence-electron chi connectivity index (χ3n) is 4.46. The maximum atomic E-state index is 12.5. The summed E-state index contributed by atoms with van der Waals surface area (Å²) in [7, 11) is 2.10. The monoisotopic (exact) mass is 296 g/mol. The van der Waals surface area contributed by atoms with E-state index in [0.29, 0.717) is 25.2 Å². The van der Waals surface area contributed by atoms with Crippen molar-refractivity contribution in [3.8, 4) is 11.5 Å². The van der Waals surface area contributed by atoms with Crippen molar-refractivity contribution in [3.05, 3.63) is 22.7 Å². The number of piperazine rings is 1. The fourth-order valence-corrected chi connectivity index (χ4v) is 3.41. The average Bonchev–Trinajstić information content (AvgIpc) is 2.66. The van der Waals surface area contributed by atoms with Crippen molar-refractivity contribution in [1.29, 1.82) is 0 Å². The Kier molecular flexibility index (Phi) is 3.26. The van der Waals surface area contributed by atoms with E-state index in [-0.39, 0.29) is 22.2 Å². The Labute approximate surface area is 122 Å². The zero-order valence-electron chi connectivity index (χ0n) is 11.2. The maximum Gasteiger partial charge on any atom is 0.255 e. The van der Waals surface area contributed by atoms with Gasteiger partial charge in [-0.3, -0.25) is 9.69 Å². The molecule has 1 amide bonds. The van der Waals surface area contributed by atoms with E-state index in [0.717, 1.165) is 12.8 Å². The highest BCUT2D eigenvalue weighted by atomic mass is 35.5. The zero-order valence-corrected chi connectivity index (χ0v) is 12.0. The summed E-state index contributed by atoms with van der Waals surface area (Å²) in [5.41, 5.74) is 0.242. The Hall–Kier alpha value is -1.46. The third-order valence-corrected chi connectivity index (χ3v) is 4.84. The Morgan fingerprint density at radius 2 is 1.85 bits per heavy atom. The minimum absolute atomic E-state index is 0.0822. The van der Waals surface area contributed by atoms with Crippen LogP contribution in [0.1, 0.15) is 23.2 Å². The van der Waals surface area contributed by atoms with Crippen LogP contribution in [0.4, 0.5) is 0 Å². The van der Waals surface area contributed by atoms with Gasteiger partial charge in [0, 0.05) is 25.2 Å². The van der Waals surface area contributed by atoms with Gasteiger partial charge >= 0.3 is 0 Å². The number of hydrogen-bond donors (Lipinski definition) is 2. The zero-order chi connectivity index (χ0) is 14.4. The molecule has 6 heteroatoms. The fraction of sp³-hybridized carbons (Fsp3) is 0.500. The molecule has 2 bridgehead atoms. The van der Waals surface area contributed by atoms with Crippen LogP contribution in [0.3, 0.4) is 0 Å². The van der Waals surface area contributed by atoms with Crippen LogP contribution in [0.2, 0.25) is 5.02 Å². The molecule has 0 aromatic heterocycles. The molecule has 2 N–H and O–H groups in total. The highest BCUT2D eigenvalue weighted by Crippen LogP contribution is 2.37. The summed E-state index contributed by atoms with van der Waals surface area (Å²) in [6, 6.07) is 3.56. The SMILES string of the molecule is CN1[C@@H]2CC[C@H]1CN(C(=O)c1ccc(O)c(O)c1Cl)C2. The number of phenolic OH excluding ortho intramolecular Hbond substituents is 2. The standard InChI is InChI=1S/C14H17ClN2O3/c1-16-8-2-3-9(16)7-17(6-8)14(20)10-4-5-11(18)13(19)12(10)15/h4-5,8-9,18-19H,2-3,6-7H2,1H3/t8-,9+. The smallest absolute Gasteiger partial charge is 0.255 e. The van der Waals surface area contributed by atoms with Gasteiger partial charge in [0.1, 0.15) is 0 Å². The fourth-order valence-electron chi connectivity index (χ4n) is 3.17. The number of hydrogen-bond acceptors (Lipinski definition) is 4. The number of likely N-dealkylation sites (N-methyl/N-ethyl adjacent to an activating group) is 1. The van der Waals surface area contributed by atoms with Crippen LogP contribution in [-0.2, 0) is 0 Å². The lowest BCUT2D eigenvalue weighted by Crippen LogP contribution is -2.53. The highest BCUT2D eigenvalue weighted by Gasteiger charge is 2.39. The van der Waals surface area contributed by atoms with Gasteiger partial charge in [0.15, 0.2) is 11.5 Å². The van der Waals surface area contributed by atoms with E-state index in [2.05, 4.69) is 11.9 Å². The molecule has 0 spiro atoms. The van der Waals surface area contributed by atoms with Crippen LogP contribution in [0.15, 0.2) is 12.1 Å². The molecule has 20 heavy (non-hydrogen) atoms. The largest absolute Gasteiger partial charge is 0.504 e. The Bertz CT molecular complexity index is 550. The summed E-state index contributed by atoms with van der Waals surface area (Å²) in [4.78, 5) is 16.7. The van der Waals surface area contributed by atoms with Crippen molar-refractivity contribution in [2.45, 2.75) is 24.9 Å². The van der Waals surface area contributed by atoms with Crippen LogP contribution >= 0.6 is 11.6 Å². The summed E-state index contributed by atoms with van der Waals surface area (Å²) in [5, 5.41) is 18.9. The van der Waals surface area contributed by atoms with Crippen molar-refractivity contribution in [1.82, 2.24) is 9.80 Å². The minimum atomic E-state index is -0.436. The normalized spacial score (nSPS) is 26.0. The van der Waals surface area contributed by atoms with Crippen LogP contribution in [-0.4, -0.2) is 58.1 Å². The first kappa shape index (κ1) is 13.5. The summed E-state index contributed by atoms with van der Waals surface area (Å²) < 4.78 is 0. The lowest BCUT2D eigenvalue weighted by atomic mass is 10.1. The topological polar surface area (TPSA) is 64.0 Å². The lowest BCUT2D eigenvalue weighted by Gasteiger charge is -2.39. The van der Waals surface area contributed by atoms with E-state index in [1.807, 2.05) is 0 Å². The van der Waals surface area contributed by atoms with E-state index >= 15 is 0 Å². The van der Waals surface area contributed by atoms with Gasteiger partial charge in [-0.15, -0.1) is 0 Å². The quantitative estimate of drug-likeness (QED) is 0.774. The number of fused-ring (bicyclic) bond motifs is 2. The molecule has 2 aliphatic heterocycles. The average molecular weight is 297 g/mol. The second-order valence-electron chi connectivity index (χ2n) is 5.56. The molecule has 3 rings (SSSR count). The molecule has 1 aromatic rings. The third kappa shape index (κ3) is 2.01. The minimum Gasteiger partial charge on any atom is -0.504 e. The van der Waals surface area contributed by atoms with E-state index in [4.69, 9.17) is 11.6 Å². The van der Waals surface area contributed by atoms with Crippen LogP contribution in [0.5, 0.6) is 11.5 Å². The van der Waals surface area contributed by atoms with Gasteiger partial charge in [-0.1, -0.05) is 11.6 Å². The first-order valence-electron chi connectivity index (χ1n) is 6.70. The predicted molar refractivity (Wildman–Crippen MR) is 75.3 cm³/mol. The van der Waals surface area contributed by atoms with Gasteiger partial charge in [-0.05, 0) is 32.0 Å².